The Bertz CT molecular complexity index is 1520. The zero-order valence-electron chi connectivity index (χ0n) is 20.5. The van der Waals surface area contributed by atoms with Crippen molar-refractivity contribution in [2.75, 3.05) is 24.5 Å². The second-order valence-corrected chi connectivity index (χ2v) is 9.80. The molecule has 204 valence electrons. The third-order valence-corrected chi connectivity index (χ3v) is 7.45. The van der Waals surface area contributed by atoms with Gasteiger partial charge in [0.25, 0.3) is 5.91 Å². The van der Waals surface area contributed by atoms with Crippen LogP contribution in [0.1, 0.15) is 65.3 Å². The normalized spacial score (nSPS) is 18.8. The van der Waals surface area contributed by atoms with Gasteiger partial charge >= 0.3 is 12.1 Å². The van der Waals surface area contributed by atoms with E-state index in [1.165, 1.54) is 12.3 Å². The molecule has 3 aromatic heterocycles. The number of nitrogens with zero attached hydrogens (tertiary/aromatic N) is 6. The third-order valence-electron chi connectivity index (χ3n) is 7.45. The van der Waals surface area contributed by atoms with Crippen molar-refractivity contribution >= 4 is 17.1 Å². The molecule has 0 radical (unpaired) electrons. The van der Waals surface area contributed by atoms with Crippen molar-refractivity contribution in [3.63, 3.8) is 0 Å². The number of alkyl halides is 3. The van der Waals surface area contributed by atoms with Crippen LogP contribution in [0.15, 0.2) is 47.1 Å². The average molecular weight is 546 g/mol. The van der Waals surface area contributed by atoms with Gasteiger partial charge in [-0.1, -0.05) is 0 Å². The molecule has 13 heteroatoms. The summed E-state index contributed by atoms with van der Waals surface area (Å²) < 4.78 is 73.2. The molecule has 0 bridgehead atoms. The van der Waals surface area contributed by atoms with E-state index in [1.807, 2.05) is 17.0 Å². The topological polar surface area (TPSA) is 79.8 Å². The summed E-state index contributed by atoms with van der Waals surface area (Å²) in [6.07, 6.45) is 0.722. The smallest absolute Gasteiger partial charge is 0.417 e. The predicted octanol–water partition coefficient (Wildman–Crippen LogP) is 5.38. The first-order valence-electron chi connectivity index (χ1n) is 12.6. The third kappa shape index (κ3) is 4.70. The molecule has 1 amide bonds. The lowest BCUT2D eigenvalue weighted by Crippen LogP contribution is -2.38. The molecule has 0 saturated carbocycles. The molecular weight excluding hydrogens is 523 g/mol. The van der Waals surface area contributed by atoms with Gasteiger partial charge in [0.1, 0.15) is 11.6 Å². The minimum atomic E-state index is -4.70. The summed E-state index contributed by atoms with van der Waals surface area (Å²) in [5, 5.41) is 10.9. The fraction of sp³-hybridized carbons (Fsp3) is 0.385. The van der Waals surface area contributed by atoms with Crippen molar-refractivity contribution in [1.82, 2.24) is 24.7 Å². The van der Waals surface area contributed by atoms with Crippen molar-refractivity contribution in [2.24, 2.45) is 0 Å². The van der Waals surface area contributed by atoms with Crippen LogP contribution >= 0.6 is 0 Å². The summed E-state index contributed by atoms with van der Waals surface area (Å²) >= 11 is 0. The van der Waals surface area contributed by atoms with Gasteiger partial charge in [0.2, 0.25) is 5.89 Å². The van der Waals surface area contributed by atoms with Crippen LogP contribution in [0, 0.1) is 11.6 Å². The molecule has 2 aliphatic rings. The first kappa shape index (κ1) is 25.3. The maximum absolute atomic E-state index is 14.6. The minimum absolute atomic E-state index is 0.0787. The number of fused-ring (bicyclic) bond motifs is 1. The molecule has 4 aromatic rings. The Kier molecular flexibility index (Phi) is 6.23. The van der Waals surface area contributed by atoms with Crippen molar-refractivity contribution in [2.45, 2.75) is 43.8 Å². The number of aromatic nitrogens is 4. The van der Waals surface area contributed by atoms with Crippen LogP contribution in [0.3, 0.4) is 0 Å². The number of amides is 1. The molecule has 0 aliphatic carbocycles. The van der Waals surface area contributed by atoms with E-state index in [0.717, 1.165) is 24.2 Å². The van der Waals surface area contributed by atoms with Crippen LogP contribution in [-0.2, 0) is 6.18 Å². The Morgan fingerprint density at radius 1 is 1.00 bits per heavy atom. The average Bonchev–Trinajstić information content (AvgIpc) is 3.68. The highest BCUT2D eigenvalue weighted by atomic mass is 19.4. The predicted molar refractivity (Wildman–Crippen MR) is 128 cm³/mol. The van der Waals surface area contributed by atoms with Crippen molar-refractivity contribution in [3.8, 4) is 0 Å². The van der Waals surface area contributed by atoms with Crippen LogP contribution in [0.5, 0.6) is 0 Å². The van der Waals surface area contributed by atoms with E-state index in [1.54, 1.807) is 15.6 Å². The Hall–Kier alpha value is -4.03. The number of hydrogen-bond donors (Lipinski definition) is 0. The molecule has 2 fully saturated rings. The number of piperidine rings is 1. The van der Waals surface area contributed by atoms with Gasteiger partial charge in [0, 0.05) is 43.0 Å². The number of hydrogen-bond acceptors (Lipinski definition) is 6. The van der Waals surface area contributed by atoms with E-state index in [0.29, 0.717) is 55.5 Å². The van der Waals surface area contributed by atoms with E-state index in [-0.39, 0.29) is 23.8 Å². The summed E-state index contributed by atoms with van der Waals surface area (Å²) in [7, 11) is 0. The number of likely N-dealkylation sites (tertiary alicyclic amines) is 1. The van der Waals surface area contributed by atoms with Gasteiger partial charge in [-0.05, 0) is 56.0 Å². The Morgan fingerprint density at radius 3 is 2.54 bits per heavy atom. The molecule has 2 aliphatic heterocycles. The Labute approximate surface area is 219 Å². The zero-order chi connectivity index (χ0) is 27.3. The molecule has 39 heavy (non-hydrogen) atoms. The molecular formula is C26H23F5N6O2. The number of halogens is 5. The summed E-state index contributed by atoms with van der Waals surface area (Å²) in [4.78, 5) is 17.1. The van der Waals surface area contributed by atoms with E-state index in [9.17, 15) is 26.7 Å². The maximum atomic E-state index is 14.6. The largest absolute Gasteiger partial charge is 0.470 e. The molecule has 0 spiro atoms. The highest BCUT2D eigenvalue weighted by Gasteiger charge is 2.39. The number of carbonyl (C=O) groups excluding carboxylic acids is 1. The molecule has 6 rings (SSSR count). The fourth-order valence-electron chi connectivity index (χ4n) is 5.50. The lowest BCUT2D eigenvalue weighted by molar-refractivity contribution is -0.157. The summed E-state index contributed by atoms with van der Waals surface area (Å²) in [6.45, 7) is 1.25. The van der Waals surface area contributed by atoms with Gasteiger partial charge in [-0.25, -0.2) is 13.3 Å². The summed E-state index contributed by atoms with van der Waals surface area (Å²) in [6, 6.07) is 6.77. The van der Waals surface area contributed by atoms with E-state index < -0.39 is 23.7 Å². The molecule has 5 heterocycles. The first-order valence-corrected chi connectivity index (χ1v) is 12.6. The number of anilines is 1. The van der Waals surface area contributed by atoms with Crippen LogP contribution in [0.4, 0.5) is 27.6 Å². The Morgan fingerprint density at radius 2 is 1.79 bits per heavy atom. The van der Waals surface area contributed by atoms with E-state index >= 15 is 0 Å². The van der Waals surface area contributed by atoms with Crippen molar-refractivity contribution < 1.29 is 31.2 Å². The van der Waals surface area contributed by atoms with Gasteiger partial charge in [-0.15, -0.1) is 10.2 Å². The fourth-order valence-corrected chi connectivity index (χ4v) is 5.50. The van der Waals surface area contributed by atoms with Crippen molar-refractivity contribution in [1.29, 1.82) is 0 Å². The highest BCUT2D eigenvalue weighted by molar-refractivity contribution is 6.01. The highest BCUT2D eigenvalue weighted by Crippen LogP contribution is 2.38. The lowest BCUT2D eigenvalue weighted by Gasteiger charge is -2.30. The number of carbonyl (C=O) groups is 1. The second kappa shape index (κ2) is 9.62. The number of pyridine rings is 1. The van der Waals surface area contributed by atoms with Gasteiger partial charge in [0.05, 0.1) is 23.3 Å². The van der Waals surface area contributed by atoms with Crippen LogP contribution in [0.2, 0.25) is 0 Å². The van der Waals surface area contributed by atoms with Gasteiger partial charge in [-0.2, -0.15) is 18.3 Å². The zero-order valence-corrected chi connectivity index (χ0v) is 20.5. The van der Waals surface area contributed by atoms with Gasteiger partial charge < -0.3 is 14.2 Å². The van der Waals surface area contributed by atoms with E-state index in [2.05, 4.69) is 15.3 Å². The van der Waals surface area contributed by atoms with Gasteiger partial charge in [0.15, 0.2) is 0 Å². The quantitative estimate of drug-likeness (QED) is 0.320. The first-order chi connectivity index (χ1) is 18.7. The Balaban J connectivity index is 1.20. The second-order valence-electron chi connectivity index (χ2n) is 9.80. The number of benzene rings is 1. The molecule has 0 unspecified atom stereocenters. The SMILES string of the molecule is O=C(c1cnn2ccc(N3CCC[C@@H]3c3cc(F)ccc3F)cc12)N1CCC(c2nnc(C(F)(F)F)o2)CC1. The maximum Gasteiger partial charge on any atom is 0.470 e. The molecule has 2 saturated heterocycles. The molecule has 1 aromatic carbocycles. The standard InChI is InChI=1S/C26H23F5N6O2/c27-16-3-4-20(28)18(12-16)21-2-1-8-36(21)17-7-11-37-22(13-17)19(14-32-37)24(38)35-9-5-15(6-10-35)23-33-34-25(39-23)26(29,30)31/h3-4,7,11-15,21H,1-2,5-6,8-10H2/t21-/m1/s1. The van der Waals surface area contributed by atoms with Crippen LogP contribution in [-0.4, -0.2) is 50.3 Å². The lowest BCUT2D eigenvalue weighted by atomic mass is 9.96. The monoisotopic (exact) mass is 546 g/mol. The molecule has 0 N–H and O–H groups in total. The molecule has 8 nitrogen and oxygen atoms in total. The minimum Gasteiger partial charge on any atom is -0.417 e. The summed E-state index contributed by atoms with van der Waals surface area (Å²) in [5.74, 6) is -3.04. The van der Waals surface area contributed by atoms with Crippen LogP contribution < -0.4 is 4.90 Å². The number of rotatable bonds is 4. The molecule has 1 atom stereocenters. The van der Waals surface area contributed by atoms with Crippen LogP contribution in [0.25, 0.3) is 5.52 Å². The summed E-state index contributed by atoms with van der Waals surface area (Å²) in [5.41, 5.74) is 2.00. The van der Waals surface area contributed by atoms with Crippen molar-refractivity contribution in [3.05, 3.63) is 77.3 Å². The van der Waals surface area contributed by atoms with Gasteiger partial charge in [-0.3, -0.25) is 4.79 Å². The van der Waals surface area contributed by atoms with E-state index in [4.69, 9.17) is 4.42 Å².